The number of likely N-dealkylation sites (N-methyl/N-ethyl adjacent to an activating group) is 1. The van der Waals surface area contributed by atoms with E-state index in [0.29, 0.717) is 23.3 Å². The van der Waals surface area contributed by atoms with Crippen molar-refractivity contribution >= 4 is 53.8 Å². The fourth-order valence-electron chi connectivity index (χ4n) is 1.76. The van der Waals surface area contributed by atoms with Gasteiger partial charge in [-0.3, -0.25) is 0 Å². The summed E-state index contributed by atoms with van der Waals surface area (Å²) in [5.74, 6) is -0.401. The number of nitrogens with zero attached hydrogens (tertiary/aromatic N) is 1. The first-order valence-corrected chi connectivity index (χ1v) is 8.30. The first-order valence-electron chi connectivity index (χ1n) is 5.92. The van der Waals surface area contributed by atoms with Crippen molar-refractivity contribution in [2.75, 3.05) is 27.7 Å². The highest BCUT2D eigenvalue weighted by Gasteiger charge is 2.25. The van der Waals surface area contributed by atoms with Crippen LogP contribution in [0.5, 0.6) is 5.75 Å². The van der Waals surface area contributed by atoms with Crippen LogP contribution in [0.4, 0.5) is 0 Å². The van der Waals surface area contributed by atoms with Gasteiger partial charge in [0.2, 0.25) is 0 Å². The van der Waals surface area contributed by atoms with E-state index < -0.39 is 12.0 Å². The van der Waals surface area contributed by atoms with Crippen molar-refractivity contribution in [3.8, 4) is 5.75 Å². The summed E-state index contributed by atoms with van der Waals surface area (Å²) in [6, 6.07) is 3.13. The average molecular weight is 474 g/mol. The maximum Gasteiger partial charge on any atom is 0.147 e. The number of quaternary nitrogens is 1. The molecule has 0 fully saturated rings. The van der Waals surface area contributed by atoms with Gasteiger partial charge in [-0.25, -0.2) is 0 Å². The van der Waals surface area contributed by atoms with Gasteiger partial charge in [0.05, 0.1) is 42.7 Å². The highest BCUT2D eigenvalue weighted by Crippen LogP contribution is 2.36. The van der Waals surface area contributed by atoms with Crippen LogP contribution in [-0.2, 0) is 4.79 Å². The standard InChI is InChI=1S/C13H16Br3NO3/c1-17(2,3)11(13(18)19)4-5-20-12-9(15)6-8(14)7-10(12)16/h6-7,11H,4-5H2,1-3H3/t11-/m0/s1. The molecule has 0 spiro atoms. The zero-order chi connectivity index (χ0) is 15.5. The second-order valence-electron chi connectivity index (χ2n) is 5.29. The Labute approximate surface area is 144 Å². The third kappa shape index (κ3) is 5.02. The van der Waals surface area contributed by atoms with E-state index in [1.807, 2.05) is 33.3 Å². The Morgan fingerprint density at radius 3 is 2.15 bits per heavy atom. The minimum atomic E-state index is -1.06. The lowest BCUT2D eigenvalue weighted by molar-refractivity contribution is -0.889. The fourth-order valence-corrected chi connectivity index (χ4v) is 4.25. The largest absolute Gasteiger partial charge is 0.544 e. The van der Waals surface area contributed by atoms with Crippen molar-refractivity contribution < 1.29 is 19.1 Å². The van der Waals surface area contributed by atoms with Crippen LogP contribution in [0.25, 0.3) is 0 Å². The zero-order valence-electron chi connectivity index (χ0n) is 11.5. The van der Waals surface area contributed by atoms with E-state index in [4.69, 9.17) is 4.74 Å². The van der Waals surface area contributed by atoms with Gasteiger partial charge in [-0.15, -0.1) is 0 Å². The number of rotatable bonds is 6. The molecule has 0 aliphatic rings. The van der Waals surface area contributed by atoms with Gasteiger partial charge in [-0.2, -0.15) is 0 Å². The molecule has 0 aromatic heterocycles. The molecule has 0 unspecified atom stereocenters. The topological polar surface area (TPSA) is 49.4 Å². The molecule has 0 N–H and O–H groups in total. The predicted molar refractivity (Wildman–Crippen MR) is 86.5 cm³/mol. The molecular formula is C13H16Br3NO3. The van der Waals surface area contributed by atoms with E-state index in [1.54, 1.807) is 0 Å². The third-order valence-electron chi connectivity index (χ3n) is 2.81. The van der Waals surface area contributed by atoms with Gasteiger partial charge < -0.3 is 19.1 Å². The Bertz CT molecular complexity index is 477. The van der Waals surface area contributed by atoms with Crippen LogP contribution in [-0.4, -0.2) is 44.2 Å². The van der Waals surface area contributed by atoms with Gasteiger partial charge in [0.15, 0.2) is 0 Å². The SMILES string of the molecule is C[N+](C)(C)[C@@H](CCOc1c(Br)cc(Br)cc1Br)C(=O)[O-]. The molecule has 1 rings (SSSR count). The van der Waals surface area contributed by atoms with Gasteiger partial charge in [0.25, 0.3) is 0 Å². The van der Waals surface area contributed by atoms with Crippen LogP contribution in [0.2, 0.25) is 0 Å². The summed E-state index contributed by atoms with van der Waals surface area (Å²) < 4.78 is 8.50. The Morgan fingerprint density at radius 1 is 1.25 bits per heavy atom. The van der Waals surface area contributed by atoms with E-state index in [0.717, 1.165) is 13.4 Å². The molecule has 0 radical (unpaired) electrons. The smallest absolute Gasteiger partial charge is 0.147 e. The molecule has 0 amide bonds. The van der Waals surface area contributed by atoms with Crippen LogP contribution < -0.4 is 9.84 Å². The highest BCUT2D eigenvalue weighted by atomic mass is 79.9. The van der Waals surface area contributed by atoms with Gasteiger partial charge in [0, 0.05) is 10.9 Å². The number of aliphatic carboxylic acids is 1. The van der Waals surface area contributed by atoms with Gasteiger partial charge in [0.1, 0.15) is 11.8 Å². The Morgan fingerprint density at radius 2 is 1.75 bits per heavy atom. The molecule has 7 heteroatoms. The van der Waals surface area contributed by atoms with Crippen molar-refractivity contribution in [2.45, 2.75) is 12.5 Å². The third-order valence-corrected chi connectivity index (χ3v) is 4.44. The Kier molecular flexibility index (Phi) is 6.50. The van der Waals surface area contributed by atoms with E-state index in [9.17, 15) is 9.90 Å². The molecule has 0 heterocycles. The fraction of sp³-hybridized carbons (Fsp3) is 0.462. The summed E-state index contributed by atoms with van der Waals surface area (Å²) in [6.45, 7) is 0.299. The predicted octanol–water partition coefficient (Wildman–Crippen LogP) is 2.57. The Hall–Kier alpha value is -0.110. The molecule has 112 valence electrons. The molecule has 0 aliphatic carbocycles. The number of ether oxygens (including phenoxy) is 1. The highest BCUT2D eigenvalue weighted by molar-refractivity contribution is 9.11. The lowest BCUT2D eigenvalue weighted by Gasteiger charge is -2.34. The molecule has 1 aromatic rings. The van der Waals surface area contributed by atoms with E-state index in [2.05, 4.69) is 47.8 Å². The van der Waals surface area contributed by atoms with Gasteiger partial charge in [-0.1, -0.05) is 15.9 Å². The summed E-state index contributed by atoms with van der Waals surface area (Å²) in [4.78, 5) is 11.2. The van der Waals surface area contributed by atoms with E-state index in [-0.39, 0.29) is 0 Å². The number of hydrogen-bond acceptors (Lipinski definition) is 3. The lowest BCUT2D eigenvalue weighted by atomic mass is 10.1. The molecule has 20 heavy (non-hydrogen) atoms. The lowest BCUT2D eigenvalue weighted by Crippen LogP contribution is -2.55. The molecule has 1 aromatic carbocycles. The summed E-state index contributed by atoms with van der Waals surface area (Å²) in [5.41, 5.74) is 0. The number of hydrogen-bond donors (Lipinski definition) is 0. The van der Waals surface area contributed by atoms with Gasteiger partial charge >= 0.3 is 0 Å². The molecule has 0 bridgehead atoms. The number of carbonyl (C=O) groups is 1. The van der Waals surface area contributed by atoms with Crippen molar-refractivity contribution in [1.29, 1.82) is 0 Å². The van der Waals surface area contributed by atoms with Crippen molar-refractivity contribution in [2.24, 2.45) is 0 Å². The van der Waals surface area contributed by atoms with E-state index >= 15 is 0 Å². The van der Waals surface area contributed by atoms with Gasteiger partial charge in [-0.05, 0) is 44.0 Å². The summed E-state index contributed by atoms with van der Waals surface area (Å²) in [6.07, 6.45) is 0.376. The van der Waals surface area contributed by atoms with Crippen LogP contribution in [0.3, 0.4) is 0 Å². The quantitative estimate of drug-likeness (QED) is 0.597. The first kappa shape index (κ1) is 17.9. The second-order valence-corrected chi connectivity index (χ2v) is 7.91. The van der Waals surface area contributed by atoms with Crippen LogP contribution in [0.1, 0.15) is 6.42 Å². The zero-order valence-corrected chi connectivity index (χ0v) is 16.2. The summed E-state index contributed by atoms with van der Waals surface area (Å²) >= 11 is 10.2. The normalized spacial score (nSPS) is 13.1. The maximum absolute atomic E-state index is 11.2. The number of carboxylic acids is 1. The second kappa shape index (κ2) is 7.24. The van der Waals surface area contributed by atoms with Crippen LogP contribution in [0.15, 0.2) is 25.6 Å². The molecule has 0 aliphatic heterocycles. The maximum atomic E-state index is 11.2. The minimum absolute atomic E-state index is 0.299. The monoisotopic (exact) mass is 471 g/mol. The average Bonchev–Trinajstić information content (AvgIpc) is 2.24. The number of benzene rings is 1. The number of carbonyl (C=O) groups excluding carboxylic acids is 1. The van der Waals surface area contributed by atoms with Crippen LogP contribution in [0, 0.1) is 0 Å². The number of halogens is 3. The van der Waals surface area contributed by atoms with Crippen molar-refractivity contribution in [3.63, 3.8) is 0 Å². The van der Waals surface area contributed by atoms with Crippen LogP contribution >= 0.6 is 47.8 Å². The molecule has 4 nitrogen and oxygen atoms in total. The molecular weight excluding hydrogens is 458 g/mol. The van der Waals surface area contributed by atoms with Crippen molar-refractivity contribution in [1.82, 2.24) is 0 Å². The molecule has 0 saturated carbocycles. The Balaban J connectivity index is 2.71. The summed E-state index contributed by atoms with van der Waals surface area (Å²) in [5, 5.41) is 11.2. The number of carboxylic acid groups (broad SMARTS) is 1. The molecule has 1 atom stereocenters. The van der Waals surface area contributed by atoms with Crippen molar-refractivity contribution in [3.05, 3.63) is 25.6 Å². The van der Waals surface area contributed by atoms with E-state index in [1.165, 1.54) is 0 Å². The molecule has 0 saturated heterocycles. The minimum Gasteiger partial charge on any atom is -0.544 e. The first-order chi connectivity index (χ1) is 9.12. The summed E-state index contributed by atoms with van der Waals surface area (Å²) in [7, 11) is 5.48.